The first-order valence-electron chi connectivity index (χ1n) is 3.86. The monoisotopic (exact) mass is 324 g/mol. The molecule has 13 heavy (non-hydrogen) atoms. The average Bonchev–Trinajstić information content (AvgIpc) is 2.15. The zero-order valence-electron chi connectivity index (χ0n) is 6.96. The van der Waals surface area contributed by atoms with E-state index in [2.05, 4.69) is 31.9 Å². The van der Waals surface area contributed by atoms with Gasteiger partial charge in [-0.1, -0.05) is 37.9 Å². The summed E-state index contributed by atoms with van der Waals surface area (Å²) in [5.41, 5.74) is 0.995. The maximum Gasteiger partial charge on any atom is 0.0692 e. The molecule has 1 N–H and O–H groups in total. The third-order valence-corrected chi connectivity index (χ3v) is 4.05. The second-order valence-corrected chi connectivity index (χ2v) is 5.29. The molecule has 1 nitrogen and oxygen atoms in total. The van der Waals surface area contributed by atoms with Crippen molar-refractivity contribution < 1.29 is 5.11 Å². The number of rotatable bonds is 4. The number of halogens is 2. The molecule has 0 bridgehead atoms. The summed E-state index contributed by atoms with van der Waals surface area (Å²) in [6.45, 7) is 0.109. The van der Waals surface area contributed by atoms with Crippen LogP contribution in [-0.2, 0) is 6.61 Å². The van der Waals surface area contributed by atoms with Crippen LogP contribution in [0.5, 0.6) is 0 Å². The minimum atomic E-state index is 0.109. The van der Waals surface area contributed by atoms with Crippen molar-refractivity contribution in [3.63, 3.8) is 0 Å². The Kier molecular flexibility index (Phi) is 5.39. The Bertz CT molecular complexity index is 278. The normalized spacial score (nSPS) is 10.4. The van der Waals surface area contributed by atoms with Crippen LogP contribution in [0.25, 0.3) is 0 Å². The zero-order valence-corrected chi connectivity index (χ0v) is 11.0. The van der Waals surface area contributed by atoms with Gasteiger partial charge in [-0.3, -0.25) is 0 Å². The van der Waals surface area contributed by atoms with E-state index in [4.69, 9.17) is 5.11 Å². The Morgan fingerprint density at radius 2 is 2.15 bits per heavy atom. The molecule has 0 atom stereocenters. The standard InChI is InChI=1S/C9H10Br2OS/c10-3-4-13-9-5-8(11)2-1-7(9)6-12/h1-2,5,12H,3-4,6H2. The molecule has 0 amide bonds. The highest BCUT2D eigenvalue weighted by atomic mass is 79.9. The third-order valence-electron chi connectivity index (χ3n) is 1.53. The molecule has 0 saturated carbocycles. The van der Waals surface area contributed by atoms with Crippen molar-refractivity contribution in [3.8, 4) is 0 Å². The van der Waals surface area contributed by atoms with Crippen LogP contribution in [0.15, 0.2) is 27.6 Å². The van der Waals surface area contributed by atoms with E-state index in [0.29, 0.717) is 0 Å². The van der Waals surface area contributed by atoms with Crippen LogP contribution in [0.1, 0.15) is 5.56 Å². The van der Waals surface area contributed by atoms with Gasteiger partial charge in [-0.15, -0.1) is 11.8 Å². The first-order valence-corrected chi connectivity index (χ1v) is 6.76. The molecule has 4 heteroatoms. The van der Waals surface area contributed by atoms with Crippen LogP contribution in [0, 0.1) is 0 Å². The minimum Gasteiger partial charge on any atom is -0.392 e. The number of thioether (sulfide) groups is 1. The smallest absolute Gasteiger partial charge is 0.0692 e. The van der Waals surface area contributed by atoms with E-state index in [1.165, 1.54) is 0 Å². The van der Waals surface area contributed by atoms with E-state index in [1.807, 2.05) is 18.2 Å². The predicted octanol–water partition coefficient (Wildman–Crippen LogP) is 3.43. The SMILES string of the molecule is OCc1ccc(Br)cc1SCCBr. The molecule has 0 aliphatic rings. The minimum absolute atomic E-state index is 0.109. The number of hydrogen-bond acceptors (Lipinski definition) is 2. The lowest BCUT2D eigenvalue weighted by Crippen LogP contribution is -1.89. The number of alkyl halides is 1. The molecule has 0 saturated heterocycles. The summed E-state index contributed by atoms with van der Waals surface area (Å²) in [6.07, 6.45) is 0. The van der Waals surface area contributed by atoms with Gasteiger partial charge >= 0.3 is 0 Å². The quantitative estimate of drug-likeness (QED) is 0.676. The fourth-order valence-corrected chi connectivity index (χ4v) is 2.77. The van der Waals surface area contributed by atoms with Gasteiger partial charge in [-0.05, 0) is 17.7 Å². The highest BCUT2D eigenvalue weighted by Gasteiger charge is 2.02. The van der Waals surface area contributed by atoms with Crippen LogP contribution < -0.4 is 0 Å². The molecule has 0 aliphatic carbocycles. The molecule has 0 spiro atoms. The Hall–Kier alpha value is 0.490. The van der Waals surface area contributed by atoms with E-state index >= 15 is 0 Å². The molecular weight excluding hydrogens is 316 g/mol. The first kappa shape index (κ1) is 11.6. The third kappa shape index (κ3) is 3.62. The Balaban J connectivity index is 2.81. The summed E-state index contributed by atoms with van der Waals surface area (Å²) >= 11 is 8.54. The molecule has 0 aliphatic heterocycles. The van der Waals surface area contributed by atoms with Gasteiger partial charge in [0.2, 0.25) is 0 Å². The van der Waals surface area contributed by atoms with Crippen molar-refractivity contribution in [1.29, 1.82) is 0 Å². The number of aliphatic hydroxyl groups excluding tert-OH is 1. The second-order valence-electron chi connectivity index (χ2n) is 2.45. The van der Waals surface area contributed by atoms with E-state index in [1.54, 1.807) is 11.8 Å². The molecular formula is C9H10Br2OS. The summed E-state index contributed by atoms with van der Waals surface area (Å²) in [4.78, 5) is 1.15. The van der Waals surface area contributed by atoms with Gasteiger partial charge in [0.05, 0.1) is 6.61 Å². The number of hydrogen-bond donors (Lipinski definition) is 1. The van der Waals surface area contributed by atoms with Crippen LogP contribution in [-0.4, -0.2) is 16.2 Å². The van der Waals surface area contributed by atoms with Crippen molar-refractivity contribution >= 4 is 43.6 Å². The van der Waals surface area contributed by atoms with E-state index in [-0.39, 0.29) is 6.61 Å². The first-order chi connectivity index (χ1) is 6.27. The number of benzene rings is 1. The van der Waals surface area contributed by atoms with Crippen LogP contribution >= 0.6 is 43.6 Å². The predicted molar refractivity (Wildman–Crippen MR) is 64.6 cm³/mol. The van der Waals surface area contributed by atoms with Gasteiger partial charge in [-0.2, -0.15) is 0 Å². The summed E-state index contributed by atoms with van der Waals surface area (Å²) in [7, 11) is 0. The van der Waals surface area contributed by atoms with Gasteiger partial charge in [0.1, 0.15) is 0 Å². The highest BCUT2D eigenvalue weighted by Crippen LogP contribution is 2.26. The fraction of sp³-hybridized carbons (Fsp3) is 0.333. The Morgan fingerprint density at radius 1 is 1.38 bits per heavy atom. The van der Waals surface area contributed by atoms with Crippen LogP contribution in [0.2, 0.25) is 0 Å². The molecule has 0 radical (unpaired) electrons. The van der Waals surface area contributed by atoms with E-state index in [0.717, 1.165) is 26.0 Å². The summed E-state index contributed by atoms with van der Waals surface area (Å²) < 4.78 is 1.06. The fourth-order valence-electron chi connectivity index (χ4n) is 0.942. The second kappa shape index (κ2) is 6.06. The maximum atomic E-state index is 9.07. The molecule has 72 valence electrons. The lowest BCUT2D eigenvalue weighted by atomic mass is 10.2. The summed E-state index contributed by atoms with van der Waals surface area (Å²) in [5, 5.41) is 10.0. The van der Waals surface area contributed by atoms with E-state index < -0.39 is 0 Å². The van der Waals surface area contributed by atoms with Crippen LogP contribution in [0.4, 0.5) is 0 Å². The molecule has 0 fully saturated rings. The highest BCUT2D eigenvalue weighted by molar-refractivity contribution is 9.10. The maximum absolute atomic E-state index is 9.07. The zero-order chi connectivity index (χ0) is 9.68. The molecule has 0 aromatic heterocycles. The number of aliphatic hydroxyl groups is 1. The Morgan fingerprint density at radius 3 is 2.77 bits per heavy atom. The van der Waals surface area contributed by atoms with Crippen LogP contribution in [0.3, 0.4) is 0 Å². The van der Waals surface area contributed by atoms with Gasteiger partial charge in [-0.25, -0.2) is 0 Å². The Labute approximate surface area is 99.2 Å². The molecule has 0 unspecified atom stereocenters. The molecule has 0 heterocycles. The van der Waals surface area contributed by atoms with Crippen molar-refractivity contribution in [2.24, 2.45) is 0 Å². The summed E-state index contributed by atoms with van der Waals surface area (Å²) in [6, 6.07) is 5.93. The summed E-state index contributed by atoms with van der Waals surface area (Å²) in [5.74, 6) is 1.02. The van der Waals surface area contributed by atoms with Crippen molar-refractivity contribution in [2.75, 3.05) is 11.1 Å². The topological polar surface area (TPSA) is 20.2 Å². The largest absolute Gasteiger partial charge is 0.392 e. The average molecular weight is 326 g/mol. The van der Waals surface area contributed by atoms with Crippen molar-refractivity contribution in [2.45, 2.75) is 11.5 Å². The molecule has 1 aromatic carbocycles. The lowest BCUT2D eigenvalue weighted by molar-refractivity contribution is 0.279. The van der Waals surface area contributed by atoms with Crippen molar-refractivity contribution in [1.82, 2.24) is 0 Å². The molecule has 1 rings (SSSR count). The molecule has 1 aromatic rings. The van der Waals surface area contributed by atoms with Gasteiger partial charge in [0, 0.05) is 20.5 Å². The van der Waals surface area contributed by atoms with Gasteiger partial charge in [0.15, 0.2) is 0 Å². The van der Waals surface area contributed by atoms with Crippen molar-refractivity contribution in [3.05, 3.63) is 28.2 Å². The lowest BCUT2D eigenvalue weighted by Gasteiger charge is -2.06. The van der Waals surface area contributed by atoms with Gasteiger partial charge < -0.3 is 5.11 Å². The van der Waals surface area contributed by atoms with Gasteiger partial charge in [0.25, 0.3) is 0 Å². The van der Waals surface area contributed by atoms with E-state index in [9.17, 15) is 0 Å².